The number of carbonyl (C=O) groups excluding carboxylic acids is 1. The molecule has 0 aliphatic rings. The summed E-state index contributed by atoms with van der Waals surface area (Å²) in [6.07, 6.45) is 1.58. The molecule has 0 bridgehead atoms. The van der Waals surface area contributed by atoms with Gasteiger partial charge in [-0.1, -0.05) is 11.6 Å². The van der Waals surface area contributed by atoms with Crippen LogP contribution in [-0.2, 0) is 4.79 Å². The van der Waals surface area contributed by atoms with Gasteiger partial charge in [-0.2, -0.15) is 4.98 Å². The molecule has 0 aliphatic carbocycles. The second-order valence-corrected chi connectivity index (χ2v) is 5.82. The third-order valence-electron chi connectivity index (χ3n) is 2.71. The van der Waals surface area contributed by atoms with Gasteiger partial charge in [-0.05, 0) is 34.1 Å². The van der Waals surface area contributed by atoms with Gasteiger partial charge in [0, 0.05) is 31.9 Å². The number of amides is 1. The summed E-state index contributed by atoms with van der Waals surface area (Å²) < 4.78 is 13.8. The molecule has 1 aromatic carbocycles. The van der Waals surface area contributed by atoms with Crippen LogP contribution in [0, 0.1) is 5.82 Å². The molecule has 122 valence electrons. The van der Waals surface area contributed by atoms with Crippen molar-refractivity contribution in [2.45, 2.75) is 6.92 Å². The zero-order chi connectivity index (χ0) is 16.8. The highest BCUT2D eigenvalue weighted by molar-refractivity contribution is 9.10. The van der Waals surface area contributed by atoms with Crippen molar-refractivity contribution in [2.75, 3.05) is 23.7 Å². The predicted octanol–water partition coefficient (Wildman–Crippen LogP) is 3.32. The first-order valence-corrected chi connectivity index (χ1v) is 7.85. The minimum Gasteiger partial charge on any atom is -0.367 e. The summed E-state index contributed by atoms with van der Waals surface area (Å²) in [5.41, 5.74) is 0.572. The highest BCUT2D eigenvalue weighted by Crippen LogP contribution is 2.24. The third kappa shape index (κ3) is 5.33. The lowest BCUT2D eigenvalue weighted by atomic mass is 10.3. The Labute approximate surface area is 146 Å². The fourth-order valence-corrected chi connectivity index (χ4v) is 2.19. The molecule has 1 aromatic heterocycles. The summed E-state index contributed by atoms with van der Waals surface area (Å²) in [4.78, 5) is 19.2. The highest BCUT2D eigenvalue weighted by Gasteiger charge is 2.07. The smallest absolute Gasteiger partial charge is 0.229 e. The molecule has 3 N–H and O–H groups in total. The lowest BCUT2D eigenvalue weighted by Crippen LogP contribution is -2.26. The maximum Gasteiger partial charge on any atom is 0.229 e. The van der Waals surface area contributed by atoms with E-state index in [1.807, 2.05) is 0 Å². The average molecular weight is 403 g/mol. The van der Waals surface area contributed by atoms with E-state index in [0.29, 0.717) is 35.0 Å². The first kappa shape index (κ1) is 17.4. The topological polar surface area (TPSA) is 78.9 Å². The maximum absolute atomic E-state index is 13.1. The number of hydrogen-bond donors (Lipinski definition) is 3. The van der Waals surface area contributed by atoms with Gasteiger partial charge in [-0.15, -0.1) is 0 Å². The first-order chi connectivity index (χ1) is 11.0. The van der Waals surface area contributed by atoms with Crippen LogP contribution in [0.5, 0.6) is 0 Å². The molecule has 23 heavy (non-hydrogen) atoms. The summed E-state index contributed by atoms with van der Waals surface area (Å²) >= 11 is 9.08. The van der Waals surface area contributed by atoms with E-state index in [4.69, 9.17) is 11.6 Å². The summed E-state index contributed by atoms with van der Waals surface area (Å²) in [6, 6.07) is 4.25. The van der Waals surface area contributed by atoms with Crippen LogP contribution in [0.25, 0.3) is 0 Å². The van der Waals surface area contributed by atoms with Crippen molar-refractivity contribution in [3.05, 3.63) is 39.7 Å². The molecule has 1 amide bonds. The molecular formula is C14H14BrClFN5O. The normalized spacial score (nSPS) is 10.3. The van der Waals surface area contributed by atoms with Crippen LogP contribution in [0.2, 0.25) is 5.02 Å². The Morgan fingerprint density at radius 3 is 2.87 bits per heavy atom. The predicted molar refractivity (Wildman–Crippen MR) is 91.6 cm³/mol. The van der Waals surface area contributed by atoms with Gasteiger partial charge in [-0.3, -0.25) is 4.79 Å². The second kappa shape index (κ2) is 8.07. The van der Waals surface area contributed by atoms with Crippen LogP contribution in [-0.4, -0.2) is 29.0 Å². The molecule has 0 saturated heterocycles. The number of nitrogens with one attached hydrogen (secondary N) is 3. The van der Waals surface area contributed by atoms with Crippen molar-refractivity contribution in [3.8, 4) is 0 Å². The molecule has 0 spiro atoms. The molecule has 2 aromatic rings. The van der Waals surface area contributed by atoms with Crippen molar-refractivity contribution in [2.24, 2.45) is 0 Å². The molecule has 6 nitrogen and oxygen atoms in total. The van der Waals surface area contributed by atoms with Gasteiger partial charge in [0.15, 0.2) is 0 Å². The Bertz CT molecular complexity index is 716. The summed E-state index contributed by atoms with van der Waals surface area (Å²) in [5.74, 6) is 0.317. The summed E-state index contributed by atoms with van der Waals surface area (Å²) in [6.45, 7) is 2.44. The van der Waals surface area contributed by atoms with Crippen LogP contribution in [0.4, 0.5) is 21.8 Å². The van der Waals surface area contributed by atoms with E-state index in [9.17, 15) is 9.18 Å². The zero-order valence-corrected chi connectivity index (χ0v) is 14.5. The van der Waals surface area contributed by atoms with E-state index in [-0.39, 0.29) is 10.9 Å². The number of nitrogens with zero attached hydrogens (tertiary/aromatic N) is 2. The maximum atomic E-state index is 13.1. The quantitative estimate of drug-likeness (QED) is 0.646. The van der Waals surface area contributed by atoms with E-state index in [1.54, 1.807) is 6.20 Å². The van der Waals surface area contributed by atoms with Gasteiger partial charge in [0.05, 0.1) is 9.50 Å². The Morgan fingerprint density at radius 2 is 2.17 bits per heavy atom. The SMILES string of the molecule is CC(=O)NCCNc1nc(Nc2ccc(F)c(Cl)c2)ncc1Br. The van der Waals surface area contributed by atoms with Crippen molar-refractivity contribution in [1.29, 1.82) is 0 Å². The molecule has 9 heteroatoms. The van der Waals surface area contributed by atoms with E-state index >= 15 is 0 Å². The van der Waals surface area contributed by atoms with Crippen molar-refractivity contribution in [1.82, 2.24) is 15.3 Å². The van der Waals surface area contributed by atoms with E-state index < -0.39 is 5.82 Å². The number of carbonyl (C=O) groups is 1. The third-order valence-corrected chi connectivity index (χ3v) is 3.58. The number of benzene rings is 1. The van der Waals surface area contributed by atoms with Gasteiger partial charge in [-0.25, -0.2) is 9.37 Å². The molecule has 0 radical (unpaired) electrons. The molecule has 0 saturated carbocycles. The lowest BCUT2D eigenvalue weighted by Gasteiger charge is -2.10. The van der Waals surface area contributed by atoms with Crippen molar-refractivity contribution in [3.63, 3.8) is 0 Å². The number of rotatable bonds is 6. The van der Waals surface area contributed by atoms with E-state index in [2.05, 4.69) is 41.8 Å². The molecule has 1 heterocycles. The van der Waals surface area contributed by atoms with Crippen LogP contribution < -0.4 is 16.0 Å². The van der Waals surface area contributed by atoms with E-state index in [1.165, 1.54) is 25.1 Å². The van der Waals surface area contributed by atoms with Crippen LogP contribution >= 0.6 is 27.5 Å². The van der Waals surface area contributed by atoms with Crippen LogP contribution in [0.1, 0.15) is 6.92 Å². The molecular weight excluding hydrogens is 389 g/mol. The Balaban J connectivity index is 2.04. The van der Waals surface area contributed by atoms with E-state index in [0.717, 1.165) is 0 Å². The number of aromatic nitrogens is 2. The molecule has 0 atom stereocenters. The monoisotopic (exact) mass is 401 g/mol. The molecule has 2 rings (SSSR count). The van der Waals surface area contributed by atoms with Gasteiger partial charge in [0.1, 0.15) is 11.6 Å². The minimum atomic E-state index is -0.491. The van der Waals surface area contributed by atoms with Crippen molar-refractivity contribution >= 4 is 50.9 Å². The largest absolute Gasteiger partial charge is 0.367 e. The standard InChI is InChI=1S/C14H14BrClFN5O/c1-8(23)18-4-5-19-13-10(15)7-20-14(22-13)21-9-2-3-12(17)11(16)6-9/h2-3,6-7H,4-5H2,1H3,(H,18,23)(H2,19,20,21,22). The van der Waals surface area contributed by atoms with Gasteiger partial charge < -0.3 is 16.0 Å². The zero-order valence-electron chi connectivity index (χ0n) is 12.2. The summed E-state index contributed by atoms with van der Waals surface area (Å²) in [7, 11) is 0. The van der Waals surface area contributed by atoms with Gasteiger partial charge in [0.25, 0.3) is 0 Å². The highest BCUT2D eigenvalue weighted by atomic mass is 79.9. The van der Waals surface area contributed by atoms with Crippen LogP contribution in [0.15, 0.2) is 28.9 Å². The number of anilines is 3. The molecule has 0 fully saturated rings. The van der Waals surface area contributed by atoms with Gasteiger partial charge >= 0.3 is 0 Å². The Morgan fingerprint density at radius 1 is 1.39 bits per heavy atom. The van der Waals surface area contributed by atoms with Crippen LogP contribution in [0.3, 0.4) is 0 Å². The fraction of sp³-hybridized carbons (Fsp3) is 0.214. The number of halogens is 3. The fourth-order valence-electron chi connectivity index (χ4n) is 1.67. The lowest BCUT2D eigenvalue weighted by molar-refractivity contribution is -0.118. The molecule has 0 aliphatic heterocycles. The van der Waals surface area contributed by atoms with Gasteiger partial charge in [0.2, 0.25) is 11.9 Å². The Hall–Kier alpha value is -1.93. The van der Waals surface area contributed by atoms with Crippen molar-refractivity contribution < 1.29 is 9.18 Å². The molecule has 0 unspecified atom stereocenters. The minimum absolute atomic E-state index is 0.0146. The second-order valence-electron chi connectivity index (χ2n) is 4.55. The average Bonchev–Trinajstić information content (AvgIpc) is 2.50. The summed E-state index contributed by atoms with van der Waals surface area (Å²) in [5, 5.41) is 8.71. The number of hydrogen-bond acceptors (Lipinski definition) is 5. The Kier molecular flexibility index (Phi) is 6.12. The first-order valence-electron chi connectivity index (χ1n) is 6.68.